The summed E-state index contributed by atoms with van der Waals surface area (Å²) in [6.45, 7) is 7.28. The van der Waals surface area contributed by atoms with E-state index in [9.17, 15) is 29.1 Å². The van der Waals surface area contributed by atoms with Crippen LogP contribution in [0.5, 0.6) is 0 Å². The van der Waals surface area contributed by atoms with Gasteiger partial charge >= 0.3 is 18.2 Å². The number of ether oxygens (including phenoxy) is 3. The van der Waals surface area contributed by atoms with Crippen molar-refractivity contribution < 1.29 is 44.7 Å². The Kier molecular flexibility index (Phi) is 15.7. The number of fused-ring (bicyclic) bond motifs is 6. The van der Waals surface area contributed by atoms with Crippen molar-refractivity contribution in [1.82, 2.24) is 16.0 Å². The molecule has 0 fully saturated rings. The lowest BCUT2D eigenvalue weighted by atomic mass is 9.98. The van der Waals surface area contributed by atoms with E-state index in [1.165, 1.54) is 28.3 Å². The maximum absolute atomic E-state index is 12.6. The van der Waals surface area contributed by atoms with Gasteiger partial charge in [-0.3, -0.25) is 9.59 Å². The fraction of sp³-hybridized carbons (Fsp3) is 0.326. The van der Waals surface area contributed by atoms with E-state index in [-0.39, 0.29) is 33.1 Å². The Hall–Kier alpha value is -6.27. The van der Waals surface area contributed by atoms with Gasteiger partial charge in [-0.2, -0.15) is 0 Å². The molecule has 1 unspecified atom stereocenters. The fourth-order valence-corrected chi connectivity index (χ4v) is 7.34. The Morgan fingerprint density at radius 1 is 0.690 bits per heavy atom. The summed E-state index contributed by atoms with van der Waals surface area (Å²) in [6.07, 6.45) is 1.75. The quantitative estimate of drug-likeness (QED) is 0.0379. The molecule has 3 amide bonds. The number of carbonyl (C=O) groups excluding carboxylic acids is 5. The molecular weight excluding hydrogens is 739 g/mol. The van der Waals surface area contributed by atoms with Crippen molar-refractivity contribution in [3.05, 3.63) is 132 Å². The highest BCUT2D eigenvalue weighted by Crippen LogP contribution is 2.45. The van der Waals surface area contributed by atoms with E-state index in [1.807, 2.05) is 86.6 Å². The first-order valence-corrected chi connectivity index (χ1v) is 19.6. The largest absolute Gasteiger partial charge is 0.460 e. The molecule has 4 aromatic rings. The van der Waals surface area contributed by atoms with Gasteiger partial charge in [0.15, 0.2) is 6.10 Å². The fourth-order valence-electron chi connectivity index (χ4n) is 7.34. The van der Waals surface area contributed by atoms with Crippen molar-refractivity contribution >= 4 is 30.3 Å². The van der Waals surface area contributed by atoms with Crippen molar-refractivity contribution in [1.29, 1.82) is 0 Å². The minimum Gasteiger partial charge on any atom is -0.460 e. The molecule has 0 aromatic heterocycles. The average molecular weight is 792 g/mol. The summed E-state index contributed by atoms with van der Waals surface area (Å²) < 4.78 is 15.7. The number of carbonyl (C=O) groups is 5. The molecule has 0 saturated carbocycles. The second-order valence-electron chi connectivity index (χ2n) is 14.0. The molecule has 6 rings (SSSR count). The van der Waals surface area contributed by atoms with Crippen LogP contribution < -0.4 is 16.0 Å². The van der Waals surface area contributed by atoms with Gasteiger partial charge in [-0.1, -0.05) is 136 Å². The first-order chi connectivity index (χ1) is 28.2. The minimum absolute atomic E-state index is 0. The highest BCUT2D eigenvalue weighted by molar-refractivity contribution is 5.86. The van der Waals surface area contributed by atoms with Crippen LogP contribution in [0.4, 0.5) is 9.59 Å². The van der Waals surface area contributed by atoms with E-state index in [1.54, 1.807) is 0 Å². The van der Waals surface area contributed by atoms with Crippen molar-refractivity contribution in [2.24, 2.45) is 0 Å². The lowest BCUT2D eigenvalue weighted by Gasteiger charge is -2.23. The number of nitrogens with one attached hydrogen (secondary N) is 3. The second kappa shape index (κ2) is 21.3. The summed E-state index contributed by atoms with van der Waals surface area (Å²) in [5, 5.41) is 17.9. The molecule has 306 valence electrons. The number of aldehydes is 1. The Morgan fingerprint density at radius 2 is 1.12 bits per heavy atom. The first kappa shape index (κ1) is 42.9. The molecule has 2 aliphatic carbocycles. The summed E-state index contributed by atoms with van der Waals surface area (Å²) in [5.41, 5.74) is 9.15. The number of aliphatic hydroxyl groups is 1. The summed E-state index contributed by atoms with van der Waals surface area (Å²) in [6, 6.07) is 31.0. The van der Waals surface area contributed by atoms with Crippen molar-refractivity contribution in [3.63, 3.8) is 0 Å². The standard InChI is InChI=1S/C26H30N2O6.C20H21NO3.H2/c1-3-9-22(24(30)25(31)27-15-23(29)33-14-4-2)28-26(32)34-16-21-19-12-7-5-10-17(19)18-11-6-8-13-20(18)21;1-2-7-14(12-22)21-20(23)24-13-19-17-10-5-3-8-15(17)16-9-4-6-11-18(16)19;/h4-8,10-13,21-22,24,30H,2-3,9,14-16H2,1H3,(H,27,31)(H,28,32);3-6,8-12,14,19H,2,7,13H2,1H3,(H,21,23);1H/t22-,24?;14-;/m00./s1. The topological polar surface area (TPSA) is 169 Å². The van der Waals surface area contributed by atoms with Gasteiger partial charge in [-0.15, -0.1) is 0 Å². The Labute approximate surface area is 340 Å². The summed E-state index contributed by atoms with van der Waals surface area (Å²) in [5.74, 6) is -1.51. The summed E-state index contributed by atoms with van der Waals surface area (Å²) in [7, 11) is 0. The molecule has 4 N–H and O–H groups in total. The van der Waals surface area contributed by atoms with E-state index in [2.05, 4.69) is 46.8 Å². The number of rotatable bonds is 17. The Morgan fingerprint density at radius 3 is 1.53 bits per heavy atom. The molecule has 2 aliphatic rings. The van der Waals surface area contributed by atoms with Crippen LogP contribution in [0, 0.1) is 0 Å². The highest BCUT2D eigenvalue weighted by atomic mass is 16.6. The molecular formula is C46H53N3O9. The van der Waals surface area contributed by atoms with Crippen molar-refractivity contribution in [3.8, 4) is 22.3 Å². The molecule has 12 heteroatoms. The van der Waals surface area contributed by atoms with Crippen LogP contribution in [0.25, 0.3) is 22.3 Å². The van der Waals surface area contributed by atoms with Crippen molar-refractivity contribution in [2.45, 2.75) is 69.6 Å². The molecule has 12 nitrogen and oxygen atoms in total. The molecule has 0 bridgehead atoms. The van der Waals surface area contributed by atoms with Gasteiger partial charge in [-0.05, 0) is 57.3 Å². The van der Waals surface area contributed by atoms with Gasteiger partial charge in [0.1, 0.15) is 32.7 Å². The van der Waals surface area contributed by atoms with Gasteiger partial charge < -0.3 is 40.1 Å². The van der Waals surface area contributed by atoms with E-state index in [4.69, 9.17) is 14.2 Å². The van der Waals surface area contributed by atoms with E-state index in [0.717, 1.165) is 35.0 Å². The van der Waals surface area contributed by atoms with Crippen LogP contribution in [0.2, 0.25) is 0 Å². The molecule has 0 radical (unpaired) electrons. The zero-order chi connectivity index (χ0) is 41.4. The summed E-state index contributed by atoms with van der Waals surface area (Å²) >= 11 is 0. The molecule has 0 spiro atoms. The predicted molar refractivity (Wildman–Crippen MR) is 222 cm³/mol. The van der Waals surface area contributed by atoms with Crippen LogP contribution in [0.15, 0.2) is 110 Å². The highest BCUT2D eigenvalue weighted by Gasteiger charge is 2.32. The molecule has 0 aliphatic heterocycles. The van der Waals surface area contributed by atoms with Crippen LogP contribution in [-0.2, 0) is 28.6 Å². The maximum atomic E-state index is 12.6. The number of benzene rings is 4. The van der Waals surface area contributed by atoms with Gasteiger partial charge in [0.25, 0.3) is 5.91 Å². The van der Waals surface area contributed by atoms with Gasteiger partial charge in [0, 0.05) is 13.3 Å². The third-order valence-electron chi connectivity index (χ3n) is 10.1. The Bertz CT molecular complexity index is 1980. The second-order valence-corrected chi connectivity index (χ2v) is 14.0. The van der Waals surface area contributed by atoms with Crippen molar-refractivity contribution in [2.75, 3.05) is 26.4 Å². The number of hydrogen-bond donors (Lipinski definition) is 4. The molecule has 58 heavy (non-hydrogen) atoms. The molecule has 3 atom stereocenters. The normalized spacial score (nSPS) is 13.7. The predicted octanol–water partition coefficient (Wildman–Crippen LogP) is 7.04. The first-order valence-electron chi connectivity index (χ1n) is 19.6. The molecule has 4 aromatic carbocycles. The van der Waals surface area contributed by atoms with Crippen LogP contribution >= 0.6 is 0 Å². The Balaban J connectivity index is 0.000000271. The maximum Gasteiger partial charge on any atom is 0.407 e. The third kappa shape index (κ3) is 10.8. The van der Waals surface area contributed by atoms with Gasteiger partial charge in [-0.25, -0.2) is 9.59 Å². The zero-order valence-corrected chi connectivity index (χ0v) is 32.9. The van der Waals surface area contributed by atoms with E-state index in [0.29, 0.717) is 19.3 Å². The van der Waals surface area contributed by atoms with E-state index < -0.39 is 48.8 Å². The number of hydrogen-bond acceptors (Lipinski definition) is 9. The lowest BCUT2D eigenvalue weighted by Crippen LogP contribution is -2.51. The number of aliphatic hydroxyl groups excluding tert-OH is 1. The summed E-state index contributed by atoms with van der Waals surface area (Å²) in [4.78, 5) is 59.3. The minimum atomic E-state index is -1.55. The van der Waals surface area contributed by atoms with Gasteiger partial charge in [0.05, 0.1) is 12.1 Å². The number of esters is 1. The van der Waals surface area contributed by atoms with Crippen LogP contribution in [0.1, 0.15) is 75.0 Å². The third-order valence-corrected chi connectivity index (χ3v) is 10.1. The smallest absolute Gasteiger partial charge is 0.407 e. The zero-order valence-electron chi connectivity index (χ0n) is 32.9. The van der Waals surface area contributed by atoms with Crippen LogP contribution in [0.3, 0.4) is 0 Å². The van der Waals surface area contributed by atoms with E-state index >= 15 is 0 Å². The lowest BCUT2D eigenvalue weighted by molar-refractivity contribution is -0.144. The number of alkyl carbamates (subject to hydrolysis) is 2. The van der Waals surface area contributed by atoms with Gasteiger partial charge in [0.2, 0.25) is 0 Å². The van der Waals surface area contributed by atoms with Crippen LogP contribution in [-0.4, -0.2) is 80.0 Å². The molecule has 0 heterocycles. The monoisotopic (exact) mass is 791 g/mol. The SMILES string of the molecule is C=CCOC(=O)CNC(=O)C(O)[C@H](CCC)NC(=O)OCC1c2ccccc2-c2ccccc21.CCC[C@@H](C=O)NC(=O)OCC1c2ccccc2-c2ccccc21.[HH]. The number of amides is 3. The average Bonchev–Trinajstić information content (AvgIpc) is 3.75. The molecule has 0 saturated heterocycles.